The molecule has 1 atom stereocenters. The Balaban J connectivity index is 2.11. The highest BCUT2D eigenvalue weighted by Gasteiger charge is 2.31. The van der Waals surface area contributed by atoms with E-state index in [9.17, 15) is 18.0 Å². The van der Waals surface area contributed by atoms with Gasteiger partial charge in [0.1, 0.15) is 0 Å². The van der Waals surface area contributed by atoms with E-state index in [4.69, 9.17) is 0 Å². The lowest BCUT2D eigenvalue weighted by Gasteiger charge is -2.26. The number of benzene rings is 1. The van der Waals surface area contributed by atoms with Gasteiger partial charge in [-0.15, -0.1) is 0 Å². The van der Waals surface area contributed by atoms with Crippen molar-refractivity contribution < 1.29 is 18.0 Å². The molecule has 0 spiro atoms. The van der Waals surface area contributed by atoms with Crippen molar-refractivity contribution in [1.82, 2.24) is 10.6 Å². The van der Waals surface area contributed by atoms with Crippen molar-refractivity contribution >= 4 is 5.91 Å². The van der Waals surface area contributed by atoms with E-state index in [1.54, 1.807) is 6.07 Å². The molecule has 1 aliphatic heterocycles. The van der Waals surface area contributed by atoms with Crippen LogP contribution >= 0.6 is 0 Å². The first-order valence-electron chi connectivity index (χ1n) is 7.60. The number of hydrogen-bond donors (Lipinski definition) is 2. The Morgan fingerprint density at radius 2 is 2.05 bits per heavy atom. The average molecular weight is 314 g/mol. The van der Waals surface area contributed by atoms with E-state index >= 15 is 0 Å². The molecule has 22 heavy (non-hydrogen) atoms. The monoisotopic (exact) mass is 314 g/mol. The number of rotatable bonds is 4. The normalized spacial score (nSPS) is 18.0. The summed E-state index contributed by atoms with van der Waals surface area (Å²) in [4.78, 5) is 12.4. The van der Waals surface area contributed by atoms with Crippen LogP contribution in [0.2, 0.25) is 0 Å². The van der Waals surface area contributed by atoms with Crippen LogP contribution in [0.25, 0.3) is 0 Å². The van der Waals surface area contributed by atoms with Crippen LogP contribution in [0.3, 0.4) is 0 Å². The Kier molecular flexibility index (Phi) is 5.45. The maximum atomic E-state index is 12.8. The summed E-state index contributed by atoms with van der Waals surface area (Å²) in [6.07, 6.45) is -2.21. The Hall–Kier alpha value is -1.56. The molecule has 0 aliphatic carbocycles. The van der Waals surface area contributed by atoms with Gasteiger partial charge in [-0.1, -0.05) is 25.1 Å². The average Bonchev–Trinajstić information content (AvgIpc) is 2.48. The number of carbonyl (C=O) groups excluding carboxylic acids is 1. The molecular weight excluding hydrogens is 293 g/mol. The third-order valence-corrected chi connectivity index (χ3v) is 4.03. The van der Waals surface area contributed by atoms with Crippen LogP contribution in [0, 0.1) is 0 Å². The van der Waals surface area contributed by atoms with Crippen LogP contribution < -0.4 is 10.6 Å². The molecule has 2 rings (SSSR count). The van der Waals surface area contributed by atoms with Gasteiger partial charge in [-0.25, -0.2) is 0 Å². The van der Waals surface area contributed by atoms with E-state index in [1.165, 1.54) is 6.07 Å². The first-order valence-corrected chi connectivity index (χ1v) is 7.60. The number of piperidine rings is 1. The summed E-state index contributed by atoms with van der Waals surface area (Å²) in [5.41, 5.74) is -0.290. The Labute approximate surface area is 128 Å². The maximum absolute atomic E-state index is 12.8. The third kappa shape index (κ3) is 4.22. The predicted molar refractivity (Wildman–Crippen MR) is 78.5 cm³/mol. The SMILES string of the molecule is CCC(C(=O)NC1CCNCC1)c1cccc(C(F)(F)F)c1. The molecule has 1 unspecified atom stereocenters. The van der Waals surface area contributed by atoms with E-state index in [0.29, 0.717) is 12.0 Å². The smallest absolute Gasteiger partial charge is 0.353 e. The van der Waals surface area contributed by atoms with Crippen LogP contribution in [0.5, 0.6) is 0 Å². The molecule has 1 saturated heterocycles. The second kappa shape index (κ2) is 7.13. The molecule has 1 heterocycles. The highest BCUT2D eigenvalue weighted by molar-refractivity contribution is 5.83. The van der Waals surface area contributed by atoms with Gasteiger partial charge < -0.3 is 10.6 Å². The van der Waals surface area contributed by atoms with Crippen molar-refractivity contribution in [2.75, 3.05) is 13.1 Å². The first-order chi connectivity index (χ1) is 10.4. The zero-order valence-electron chi connectivity index (χ0n) is 12.5. The minimum atomic E-state index is -4.39. The molecule has 122 valence electrons. The molecule has 1 aromatic carbocycles. The number of amides is 1. The molecule has 1 aromatic rings. The lowest BCUT2D eigenvalue weighted by atomic mass is 9.93. The van der Waals surface area contributed by atoms with Crippen LogP contribution in [0.15, 0.2) is 24.3 Å². The van der Waals surface area contributed by atoms with Gasteiger partial charge in [-0.05, 0) is 44.0 Å². The Morgan fingerprint density at radius 3 is 2.64 bits per heavy atom. The van der Waals surface area contributed by atoms with Gasteiger partial charge in [0.15, 0.2) is 0 Å². The van der Waals surface area contributed by atoms with Crippen molar-refractivity contribution in [3.8, 4) is 0 Å². The minimum absolute atomic E-state index is 0.105. The summed E-state index contributed by atoms with van der Waals surface area (Å²) in [5.74, 6) is -0.731. The summed E-state index contributed by atoms with van der Waals surface area (Å²) in [7, 11) is 0. The topological polar surface area (TPSA) is 41.1 Å². The van der Waals surface area contributed by atoms with E-state index < -0.39 is 17.7 Å². The highest BCUT2D eigenvalue weighted by Crippen LogP contribution is 2.32. The van der Waals surface area contributed by atoms with E-state index in [0.717, 1.165) is 38.1 Å². The number of halogens is 3. The molecule has 0 aromatic heterocycles. The number of hydrogen-bond acceptors (Lipinski definition) is 2. The second-order valence-electron chi connectivity index (χ2n) is 5.62. The summed E-state index contributed by atoms with van der Waals surface area (Å²) in [5, 5.41) is 6.18. The molecule has 3 nitrogen and oxygen atoms in total. The van der Waals surface area contributed by atoms with E-state index in [1.807, 2.05) is 6.92 Å². The third-order valence-electron chi connectivity index (χ3n) is 4.03. The quantitative estimate of drug-likeness (QED) is 0.897. The lowest BCUT2D eigenvalue weighted by molar-refractivity contribution is -0.137. The molecule has 1 amide bonds. The standard InChI is InChI=1S/C16H21F3N2O/c1-2-14(15(22)21-13-6-8-20-9-7-13)11-4-3-5-12(10-11)16(17,18)19/h3-5,10,13-14,20H,2,6-9H2,1H3,(H,21,22). The lowest BCUT2D eigenvalue weighted by Crippen LogP contribution is -2.44. The van der Waals surface area contributed by atoms with Gasteiger partial charge >= 0.3 is 6.18 Å². The summed E-state index contributed by atoms with van der Waals surface area (Å²) in [6.45, 7) is 3.52. The largest absolute Gasteiger partial charge is 0.416 e. The van der Waals surface area contributed by atoms with E-state index in [2.05, 4.69) is 10.6 Å². The second-order valence-corrected chi connectivity index (χ2v) is 5.62. The van der Waals surface area contributed by atoms with Crippen LogP contribution in [0.4, 0.5) is 13.2 Å². The molecule has 0 radical (unpaired) electrons. The van der Waals surface area contributed by atoms with Gasteiger partial charge in [0.05, 0.1) is 11.5 Å². The number of alkyl halides is 3. The zero-order valence-corrected chi connectivity index (χ0v) is 12.5. The number of nitrogens with one attached hydrogen (secondary N) is 2. The highest BCUT2D eigenvalue weighted by atomic mass is 19.4. The van der Waals surface area contributed by atoms with Crippen molar-refractivity contribution in [2.45, 2.75) is 44.3 Å². The van der Waals surface area contributed by atoms with Gasteiger partial charge in [-0.2, -0.15) is 13.2 Å². The molecule has 0 saturated carbocycles. The van der Waals surface area contributed by atoms with Crippen molar-refractivity contribution in [2.24, 2.45) is 0 Å². The Bertz CT molecular complexity index is 510. The molecule has 0 bridgehead atoms. The van der Waals surface area contributed by atoms with Gasteiger partial charge in [0.2, 0.25) is 5.91 Å². The maximum Gasteiger partial charge on any atom is 0.416 e. The van der Waals surface area contributed by atoms with Crippen molar-refractivity contribution in [3.05, 3.63) is 35.4 Å². The first kappa shape index (κ1) is 16.8. The molecule has 1 aliphatic rings. The molecular formula is C16H21F3N2O. The Morgan fingerprint density at radius 1 is 1.36 bits per heavy atom. The van der Waals surface area contributed by atoms with Crippen LogP contribution in [-0.4, -0.2) is 25.0 Å². The molecule has 6 heteroatoms. The van der Waals surface area contributed by atoms with Crippen molar-refractivity contribution in [1.29, 1.82) is 0 Å². The fraction of sp³-hybridized carbons (Fsp3) is 0.562. The van der Waals surface area contributed by atoms with Gasteiger partial charge in [-0.3, -0.25) is 4.79 Å². The van der Waals surface area contributed by atoms with E-state index in [-0.39, 0.29) is 11.9 Å². The fourth-order valence-corrected chi connectivity index (χ4v) is 2.77. The number of carbonyl (C=O) groups is 1. The summed E-state index contributed by atoms with van der Waals surface area (Å²) in [6, 6.07) is 5.16. The predicted octanol–water partition coefficient (Wildman–Crippen LogP) is 3.07. The zero-order chi connectivity index (χ0) is 16.2. The fourth-order valence-electron chi connectivity index (χ4n) is 2.77. The van der Waals surface area contributed by atoms with Crippen LogP contribution in [0.1, 0.15) is 43.2 Å². The summed E-state index contributed by atoms with van der Waals surface area (Å²) < 4.78 is 38.4. The minimum Gasteiger partial charge on any atom is -0.353 e. The van der Waals surface area contributed by atoms with Crippen LogP contribution in [-0.2, 0) is 11.0 Å². The van der Waals surface area contributed by atoms with Crippen molar-refractivity contribution in [3.63, 3.8) is 0 Å². The van der Waals surface area contributed by atoms with Gasteiger partial charge in [0.25, 0.3) is 0 Å². The summed E-state index contributed by atoms with van der Waals surface area (Å²) >= 11 is 0. The molecule has 2 N–H and O–H groups in total. The van der Waals surface area contributed by atoms with Gasteiger partial charge in [0, 0.05) is 6.04 Å². The molecule has 1 fully saturated rings.